The van der Waals surface area contributed by atoms with Gasteiger partial charge in [-0.05, 0) is 56.3 Å². The molecule has 0 spiro atoms. The summed E-state index contributed by atoms with van der Waals surface area (Å²) in [4.78, 5) is 37.4. The zero-order valence-electron chi connectivity index (χ0n) is 21.3. The summed E-state index contributed by atoms with van der Waals surface area (Å²) in [6.07, 6.45) is 2.64. The van der Waals surface area contributed by atoms with Crippen molar-refractivity contribution in [3.63, 3.8) is 0 Å². The molecule has 4 atom stereocenters. The molecule has 0 bridgehead atoms. The topological polar surface area (TPSA) is 174 Å². The van der Waals surface area contributed by atoms with Crippen molar-refractivity contribution in [2.75, 3.05) is 6.54 Å². The second kappa shape index (κ2) is 13.6. The Balaban J connectivity index is 0.00000612. The number of aliphatic hydroxyl groups is 1. The Bertz CT molecular complexity index is 842. The zero-order chi connectivity index (χ0) is 25.7. The standard InChI is InChI=1S/C22H39N3O8S.Na/c1-13(2)11-16(25-21(29)33-15-5-8-22(3,4)9-6-15)19(27)24-17(20(28)34(30,31)32)12-14-7-10-23-18(14)26;/h13-17,20,28H,5-12H2,1-4H3,(H,23,26)(H,24,27)(H,25,29)(H,30,31,32);/q;+1/p-1/t14-,16-,17-,20?;/m0./s1. The first-order valence-corrected chi connectivity index (χ1v) is 13.3. The van der Waals surface area contributed by atoms with Gasteiger partial charge in [0.1, 0.15) is 22.3 Å². The quantitative estimate of drug-likeness (QED) is 0.186. The zero-order valence-corrected chi connectivity index (χ0v) is 24.2. The second-order valence-electron chi connectivity index (χ2n) is 10.6. The van der Waals surface area contributed by atoms with E-state index in [1.807, 2.05) is 13.8 Å². The molecule has 1 aliphatic carbocycles. The molecule has 2 fully saturated rings. The summed E-state index contributed by atoms with van der Waals surface area (Å²) in [5.74, 6) is -1.77. The van der Waals surface area contributed by atoms with E-state index in [0.29, 0.717) is 13.0 Å². The van der Waals surface area contributed by atoms with Crippen LogP contribution in [0.5, 0.6) is 0 Å². The van der Waals surface area contributed by atoms with Crippen molar-refractivity contribution in [2.45, 2.75) is 96.3 Å². The van der Waals surface area contributed by atoms with E-state index in [9.17, 15) is 32.5 Å². The number of hydrogen-bond donors (Lipinski definition) is 4. The maximum Gasteiger partial charge on any atom is 1.00 e. The Morgan fingerprint density at radius 3 is 2.29 bits per heavy atom. The Labute approximate surface area is 229 Å². The third kappa shape index (κ3) is 10.5. The maximum absolute atomic E-state index is 13.0. The van der Waals surface area contributed by atoms with Gasteiger partial charge in [-0.15, -0.1) is 0 Å². The van der Waals surface area contributed by atoms with Gasteiger partial charge in [-0.25, -0.2) is 13.2 Å². The molecule has 196 valence electrons. The number of amides is 3. The van der Waals surface area contributed by atoms with Crippen LogP contribution in [0, 0.1) is 17.3 Å². The summed E-state index contributed by atoms with van der Waals surface area (Å²) in [6, 6.07) is -2.58. The van der Waals surface area contributed by atoms with E-state index < -0.39 is 45.6 Å². The Morgan fingerprint density at radius 1 is 1.20 bits per heavy atom. The molecular weight excluding hydrogens is 489 g/mol. The van der Waals surface area contributed by atoms with Crippen molar-refractivity contribution in [3.8, 4) is 0 Å². The van der Waals surface area contributed by atoms with E-state index in [-0.39, 0.29) is 65.7 Å². The number of rotatable bonds is 10. The molecule has 0 aromatic heterocycles. The molecule has 0 aromatic rings. The number of ether oxygens (including phenoxy) is 1. The van der Waals surface area contributed by atoms with Crippen LogP contribution in [0.4, 0.5) is 4.79 Å². The Kier molecular flexibility index (Phi) is 12.5. The average molecular weight is 528 g/mol. The van der Waals surface area contributed by atoms with Crippen molar-refractivity contribution in [2.24, 2.45) is 17.3 Å². The molecule has 11 nitrogen and oxygen atoms in total. The molecule has 35 heavy (non-hydrogen) atoms. The first-order valence-electron chi connectivity index (χ1n) is 11.9. The number of carbonyl (C=O) groups is 3. The minimum Gasteiger partial charge on any atom is -0.746 e. The molecule has 1 aliphatic heterocycles. The Morgan fingerprint density at radius 2 is 1.80 bits per heavy atom. The van der Waals surface area contributed by atoms with Crippen molar-refractivity contribution in [3.05, 3.63) is 0 Å². The fourth-order valence-electron chi connectivity index (χ4n) is 4.43. The van der Waals surface area contributed by atoms with E-state index in [1.54, 1.807) is 0 Å². The third-order valence-electron chi connectivity index (χ3n) is 6.54. The maximum atomic E-state index is 13.0. The van der Waals surface area contributed by atoms with E-state index >= 15 is 0 Å². The predicted molar refractivity (Wildman–Crippen MR) is 122 cm³/mol. The van der Waals surface area contributed by atoms with Gasteiger partial charge in [0, 0.05) is 12.5 Å². The number of nitrogens with one attached hydrogen (secondary N) is 3. The smallest absolute Gasteiger partial charge is 0.746 e. The molecule has 1 saturated heterocycles. The normalized spacial score (nSPS) is 22.9. The Hall–Kier alpha value is -0.920. The first-order chi connectivity index (χ1) is 15.7. The van der Waals surface area contributed by atoms with Gasteiger partial charge >= 0.3 is 35.7 Å². The molecular formula is C22H38N3NaO8S. The molecule has 2 aliphatic rings. The van der Waals surface area contributed by atoms with E-state index in [1.165, 1.54) is 0 Å². The molecule has 2 rings (SSSR count). The van der Waals surface area contributed by atoms with Crippen LogP contribution < -0.4 is 45.5 Å². The number of aliphatic hydroxyl groups excluding tert-OH is 1. The summed E-state index contributed by atoms with van der Waals surface area (Å²) in [7, 11) is -5.16. The molecule has 0 radical (unpaired) electrons. The van der Waals surface area contributed by atoms with Crippen LogP contribution in [0.2, 0.25) is 0 Å². The van der Waals surface area contributed by atoms with Crippen LogP contribution in [0.3, 0.4) is 0 Å². The van der Waals surface area contributed by atoms with E-state index in [4.69, 9.17) is 4.74 Å². The summed E-state index contributed by atoms with van der Waals surface area (Å²) in [5.41, 5.74) is -2.23. The van der Waals surface area contributed by atoms with Crippen molar-refractivity contribution in [1.82, 2.24) is 16.0 Å². The molecule has 1 unspecified atom stereocenters. The minimum absolute atomic E-state index is 0. The second-order valence-corrected chi connectivity index (χ2v) is 12.1. The average Bonchev–Trinajstić information content (AvgIpc) is 3.11. The van der Waals surface area contributed by atoms with Crippen LogP contribution in [-0.4, -0.2) is 66.2 Å². The SMILES string of the molecule is CC(C)C[C@H](NC(=O)OC1CCC(C)(C)CC1)C(=O)N[C@@H](C[C@@H]1CCNC1=O)C(O)S(=O)(=O)[O-].[Na+]. The molecule has 4 N–H and O–H groups in total. The fourth-order valence-corrected chi connectivity index (χ4v) is 5.01. The number of carbonyl (C=O) groups excluding carboxylic acids is 3. The first kappa shape index (κ1) is 32.1. The molecule has 13 heteroatoms. The number of hydrogen-bond acceptors (Lipinski definition) is 8. The summed E-state index contributed by atoms with van der Waals surface area (Å²) in [5, 5.41) is 17.6. The van der Waals surface area contributed by atoms with Gasteiger partial charge in [0.05, 0.1) is 6.04 Å². The third-order valence-corrected chi connectivity index (χ3v) is 7.46. The molecule has 3 amide bonds. The van der Waals surface area contributed by atoms with Crippen LogP contribution in [0.15, 0.2) is 0 Å². The van der Waals surface area contributed by atoms with Crippen LogP contribution in [-0.2, 0) is 24.4 Å². The van der Waals surface area contributed by atoms with Crippen molar-refractivity contribution >= 4 is 28.0 Å². The summed E-state index contributed by atoms with van der Waals surface area (Å²) >= 11 is 0. The fraction of sp³-hybridized carbons (Fsp3) is 0.864. The van der Waals surface area contributed by atoms with Crippen LogP contribution >= 0.6 is 0 Å². The van der Waals surface area contributed by atoms with Crippen molar-refractivity contribution < 1.29 is 66.8 Å². The number of alkyl carbamates (subject to hydrolysis) is 1. The summed E-state index contributed by atoms with van der Waals surface area (Å²) in [6.45, 7) is 8.39. The summed E-state index contributed by atoms with van der Waals surface area (Å²) < 4.78 is 39.9. The van der Waals surface area contributed by atoms with Gasteiger partial charge in [0.25, 0.3) is 0 Å². The predicted octanol–water partition coefficient (Wildman–Crippen LogP) is -2.03. The van der Waals surface area contributed by atoms with Gasteiger partial charge in [-0.3, -0.25) is 9.59 Å². The van der Waals surface area contributed by atoms with Crippen LogP contribution in [0.25, 0.3) is 0 Å². The largest absolute Gasteiger partial charge is 1.00 e. The van der Waals surface area contributed by atoms with Gasteiger partial charge < -0.3 is 30.3 Å². The van der Waals surface area contributed by atoms with Gasteiger partial charge in [0.15, 0.2) is 5.44 Å². The van der Waals surface area contributed by atoms with E-state index in [0.717, 1.165) is 25.7 Å². The molecule has 0 aromatic carbocycles. The monoisotopic (exact) mass is 527 g/mol. The van der Waals surface area contributed by atoms with Gasteiger partial charge in [-0.1, -0.05) is 27.7 Å². The van der Waals surface area contributed by atoms with Crippen molar-refractivity contribution in [1.29, 1.82) is 0 Å². The van der Waals surface area contributed by atoms with Gasteiger partial charge in [0.2, 0.25) is 11.8 Å². The van der Waals surface area contributed by atoms with Gasteiger partial charge in [-0.2, -0.15) is 0 Å². The van der Waals surface area contributed by atoms with E-state index in [2.05, 4.69) is 29.8 Å². The molecule has 1 saturated carbocycles. The minimum atomic E-state index is -5.16. The molecule has 1 heterocycles. The van der Waals surface area contributed by atoms with Crippen LogP contribution in [0.1, 0.15) is 72.6 Å².